The molecular formula is C9H12N2. The number of aliphatic imine (C=N–C) groups is 2. The molecule has 2 nitrogen and oxygen atoms in total. The fraction of sp³-hybridized carbons (Fsp3) is 0.333. The quantitative estimate of drug-likeness (QED) is 0.505. The van der Waals surface area contributed by atoms with Crippen molar-refractivity contribution in [2.75, 3.05) is 13.6 Å². The number of hydrogen-bond acceptors (Lipinski definition) is 2. The maximum atomic E-state index is 4.28. The first-order chi connectivity index (χ1) is 5.38. The Morgan fingerprint density at radius 3 is 2.36 bits per heavy atom. The molecule has 0 unspecified atom stereocenters. The Labute approximate surface area is 67.1 Å². The molecule has 0 aromatic heterocycles. The molecule has 0 heterocycles. The van der Waals surface area contributed by atoms with Crippen molar-refractivity contribution in [2.24, 2.45) is 9.98 Å². The van der Waals surface area contributed by atoms with Crippen molar-refractivity contribution < 1.29 is 0 Å². The zero-order chi connectivity index (χ0) is 8.10. The average Bonchev–Trinajstić information content (AvgIpc) is 2.06. The van der Waals surface area contributed by atoms with E-state index in [0.717, 1.165) is 18.0 Å². The minimum Gasteiger partial charge on any atom is -0.286 e. The van der Waals surface area contributed by atoms with Crippen LogP contribution in [0.2, 0.25) is 0 Å². The Morgan fingerprint density at radius 2 is 1.82 bits per heavy atom. The van der Waals surface area contributed by atoms with Crippen molar-refractivity contribution in [1.82, 2.24) is 0 Å². The van der Waals surface area contributed by atoms with Gasteiger partial charge in [0.25, 0.3) is 0 Å². The van der Waals surface area contributed by atoms with Crippen molar-refractivity contribution in [3.8, 4) is 0 Å². The largest absolute Gasteiger partial charge is 0.286 e. The van der Waals surface area contributed by atoms with Gasteiger partial charge in [-0.1, -0.05) is 12.2 Å². The third-order valence-electron chi connectivity index (χ3n) is 1.45. The van der Waals surface area contributed by atoms with Gasteiger partial charge in [0.15, 0.2) is 0 Å². The van der Waals surface area contributed by atoms with Crippen LogP contribution in [-0.4, -0.2) is 25.0 Å². The van der Waals surface area contributed by atoms with E-state index in [-0.39, 0.29) is 0 Å². The molecule has 1 aliphatic rings. The van der Waals surface area contributed by atoms with E-state index >= 15 is 0 Å². The summed E-state index contributed by atoms with van der Waals surface area (Å²) in [6, 6.07) is 0. The zero-order valence-corrected chi connectivity index (χ0v) is 6.91. The van der Waals surface area contributed by atoms with Crippen molar-refractivity contribution in [3.63, 3.8) is 0 Å². The molecule has 0 saturated heterocycles. The van der Waals surface area contributed by atoms with Gasteiger partial charge in [-0.15, -0.1) is 0 Å². The second-order valence-corrected chi connectivity index (χ2v) is 2.19. The zero-order valence-electron chi connectivity index (χ0n) is 6.91. The van der Waals surface area contributed by atoms with Gasteiger partial charge in [-0.3, -0.25) is 9.98 Å². The van der Waals surface area contributed by atoms with Crippen LogP contribution in [0.5, 0.6) is 0 Å². The second-order valence-electron chi connectivity index (χ2n) is 2.19. The van der Waals surface area contributed by atoms with E-state index in [0.29, 0.717) is 0 Å². The van der Waals surface area contributed by atoms with Crippen LogP contribution in [0.25, 0.3) is 0 Å². The lowest BCUT2D eigenvalue weighted by molar-refractivity contribution is 1.14. The van der Waals surface area contributed by atoms with Crippen molar-refractivity contribution >= 4 is 11.4 Å². The molecule has 0 bridgehead atoms. The molecule has 11 heavy (non-hydrogen) atoms. The fourth-order valence-corrected chi connectivity index (χ4v) is 0.957. The van der Waals surface area contributed by atoms with E-state index in [1.807, 2.05) is 31.2 Å². The summed E-state index contributed by atoms with van der Waals surface area (Å²) in [7, 11) is 1.78. The highest BCUT2D eigenvalue weighted by Gasteiger charge is 2.02. The SMILES string of the molecule is CCN=C1C=CC=CC1=NC. The molecular weight excluding hydrogens is 136 g/mol. The third-order valence-corrected chi connectivity index (χ3v) is 1.45. The van der Waals surface area contributed by atoms with Gasteiger partial charge >= 0.3 is 0 Å². The molecule has 58 valence electrons. The molecule has 0 atom stereocenters. The first kappa shape index (κ1) is 7.92. The highest BCUT2D eigenvalue weighted by Crippen LogP contribution is 1.97. The lowest BCUT2D eigenvalue weighted by Crippen LogP contribution is -2.11. The molecule has 0 amide bonds. The average molecular weight is 148 g/mol. The molecule has 0 saturated carbocycles. The van der Waals surface area contributed by atoms with E-state index in [9.17, 15) is 0 Å². The summed E-state index contributed by atoms with van der Waals surface area (Å²) in [4.78, 5) is 8.38. The predicted molar refractivity (Wildman–Crippen MR) is 49.6 cm³/mol. The van der Waals surface area contributed by atoms with E-state index in [2.05, 4.69) is 9.98 Å². The van der Waals surface area contributed by atoms with Gasteiger partial charge in [0.2, 0.25) is 0 Å². The third kappa shape index (κ3) is 1.87. The van der Waals surface area contributed by atoms with Gasteiger partial charge in [0, 0.05) is 13.6 Å². The summed E-state index contributed by atoms with van der Waals surface area (Å²) in [5.74, 6) is 0. The van der Waals surface area contributed by atoms with Gasteiger partial charge in [0.1, 0.15) is 0 Å². The maximum absolute atomic E-state index is 4.28. The van der Waals surface area contributed by atoms with Gasteiger partial charge in [0.05, 0.1) is 11.4 Å². The number of rotatable bonds is 1. The summed E-state index contributed by atoms with van der Waals surface area (Å²) in [6.45, 7) is 2.83. The fourth-order valence-electron chi connectivity index (χ4n) is 0.957. The Morgan fingerprint density at radius 1 is 1.18 bits per heavy atom. The maximum Gasteiger partial charge on any atom is 0.0826 e. The normalized spacial score (nSPS) is 23.5. The summed E-state index contributed by atoms with van der Waals surface area (Å²) in [5, 5.41) is 0. The molecule has 0 radical (unpaired) electrons. The Hall–Kier alpha value is -1.18. The van der Waals surface area contributed by atoms with Crippen molar-refractivity contribution in [1.29, 1.82) is 0 Å². The van der Waals surface area contributed by atoms with E-state index < -0.39 is 0 Å². The van der Waals surface area contributed by atoms with Crippen molar-refractivity contribution in [2.45, 2.75) is 6.92 Å². The molecule has 0 aromatic rings. The Balaban J connectivity index is 2.88. The smallest absolute Gasteiger partial charge is 0.0826 e. The van der Waals surface area contributed by atoms with Crippen LogP contribution in [0, 0.1) is 0 Å². The van der Waals surface area contributed by atoms with Crippen molar-refractivity contribution in [3.05, 3.63) is 24.3 Å². The standard InChI is InChI=1S/C9H12N2/c1-3-11-9-7-5-4-6-8(9)10-2/h4-7H,3H2,1-2H3. The summed E-state index contributed by atoms with van der Waals surface area (Å²) in [5.41, 5.74) is 1.95. The second kappa shape index (κ2) is 3.86. The topological polar surface area (TPSA) is 24.7 Å². The molecule has 0 aromatic carbocycles. The minimum atomic E-state index is 0.812. The first-order valence-corrected chi connectivity index (χ1v) is 3.75. The van der Waals surface area contributed by atoms with Gasteiger partial charge in [-0.2, -0.15) is 0 Å². The molecule has 0 aliphatic heterocycles. The van der Waals surface area contributed by atoms with E-state index in [1.165, 1.54) is 0 Å². The molecule has 0 spiro atoms. The van der Waals surface area contributed by atoms with Crippen LogP contribution in [0.3, 0.4) is 0 Å². The van der Waals surface area contributed by atoms with Gasteiger partial charge < -0.3 is 0 Å². The molecule has 1 aliphatic carbocycles. The predicted octanol–water partition coefficient (Wildman–Crippen LogP) is 1.64. The summed E-state index contributed by atoms with van der Waals surface area (Å²) < 4.78 is 0. The number of allylic oxidation sites excluding steroid dienone is 4. The van der Waals surface area contributed by atoms with Crippen LogP contribution < -0.4 is 0 Å². The first-order valence-electron chi connectivity index (χ1n) is 3.75. The minimum absolute atomic E-state index is 0.812. The Bertz CT molecular complexity index is 244. The van der Waals surface area contributed by atoms with Crippen LogP contribution in [-0.2, 0) is 0 Å². The van der Waals surface area contributed by atoms with Gasteiger partial charge in [-0.25, -0.2) is 0 Å². The molecule has 1 rings (SSSR count). The highest BCUT2D eigenvalue weighted by atomic mass is 14.8. The highest BCUT2D eigenvalue weighted by molar-refractivity contribution is 6.51. The van der Waals surface area contributed by atoms with Gasteiger partial charge in [-0.05, 0) is 19.1 Å². The summed E-state index contributed by atoms with van der Waals surface area (Å²) in [6.07, 6.45) is 7.89. The molecule has 0 N–H and O–H groups in total. The van der Waals surface area contributed by atoms with Crippen LogP contribution in [0.15, 0.2) is 34.3 Å². The Kier molecular flexibility index (Phi) is 2.78. The monoisotopic (exact) mass is 148 g/mol. The van der Waals surface area contributed by atoms with Crippen LogP contribution >= 0.6 is 0 Å². The lowest BCUT2D eigenvalue weighted by Gasteiger charge is -2.02. The van der Waals surface area contributed by atoms with E-state index in [1.54, 1.807) is 7.05 Å². The molecule has 2 heteroatoms. The van der Waals surface area contributed by atoms with E-state index in [4.69, 9.17) is 0 Å². The number of nitrogens with zero attached hydrogens (tertiary/aromatic N) is 2. The van der Waals surface area contributed by atoms with Crippen LogP contribution in [0.1, 0.15) is 6.92 Å². The lowest BCUT2D eigenvalue weighted by atomic mass is 10.1. The molecule has 0 fully saturated rings. The summed E-state index contributed by atoms with van der Waals surface area (Å²) >= 11 is 0. The van der Waals surface area contributed by atoms with Crippen LogP contribution in [0.4, 0.5) is 0 Å². The number of hydrogen-bond donors (Lipinski definition) is 0.